The van der Waals surface area contributed by atoms with Crippen molar-refractivity contribution in [3.63, 3.8) is 0 Å². The van der Waals surface area contributed by atoms with Gasteiger partial charge < -0.3 is 30.1 Å². The van der Waals surface area contributed by atoms with E-state index in [1.54, 1.807) is 18.3 Å². The van der Waals surface area contributed by atoms with Crippen LogP contribution in [0.25, 0.3) is 0 Å². The molecule has 0 spiro atoms. The van der Waals surface area contributed by atoms with Gasteiger partial charge in [0.15, 0.2) is 11.5 Å². The number of carbonyl (C=O) groups excluding carboxylic acids is 1. The molecule has 1 aromatic carbocycles. The number of amides is 1. The molecule has 0 radical (unpaired) electrons. The van der Waals surface area contributed by atoms with E-state index in [9.17, 15) is 9.90 Å². The Labute approximate surface area is 182 Å². The summed E-state index contributed by atoms with van der Waals surface area (Å²) in [7, 11) is 6.83. The summed E-state index contributed by atoms with van der Waals surface area (Å²) in [4.78, 5) is 23.3. The lowest BCUT2D eigenvalue weighted by Gasteiger charge is -2.29. The zero-order valence-electron chi connectivity index (χ0n) is 18.5. The van der Waals surface area contributed by atoms with E-state index in [4.69, 9.17) is 9.47 Å². The standard InChI is InChI=1S/C22H31N5O4/c1-27(2)19-9-10-23-22(26-19)25-16-7-5-15(6-8-16)24-20(28)13-14-11-17(30-3)21(29)18(12-14)31-4/h9-12,15-16,29H,5-8,13H2,1-4H3,(H,24,28)(H,23,25,26)/t15-,16+. The van der Waals surface area contributed by atoms with Crippen molar-refractivity contribution in [1.29, 1.82) is 0 Å². The van der Waals surface area contributed by atoms with Gasteiger partial charge in [-0.1, -0.05) is 0 Å². The van der Waals surface area contributed by atoms with Gasteiger partial charge >= 0.3 is 0 Å². The average Bonchev–Trinajstić information content (AvgIpc) is 2.76. The first-order valence-electron chi connectivity index (χ1n) is 10.4. The molecule has 9 nitrogen and oxygen atoms in total. The van der Waals surface area contributed by atoms with E-state index in [-0.39, 0.29) is 41.7 Å². The molecular formula is C22H31N5O4. The molecule has 3 rings (SSSR count). The third-order valence-electron chi connectivity index (χ3n) is 5.43. The van der Waals surface area contributed by atoms with Gasteiger partial charge in [-0.3, -0.25) is 4.79 Å². The lowest BCUT2D eigenvalue weighted by atomic mass is 9.91. The number of nitrogens with zero attached hydrogens (tertiary/aromatic N) is 3. The van der Waals surface area contributed by atoms with E-state index in [1.807, 2.05) is 25.1 Å². The zero-order valence-corrected chi connectivity index (χ0v) is 18.5. The molecule has 1 fully saturated rings. The van der Waals surface area contributed by atoms with Crippen molar-refractivity contribution >= 4 is 17.7 Å². The molecular weight excluding hydrogens is 398 g/mol. The minimum absolute atomic E-state index is 0.0618. The molecule has 168 valence electrons. The Morgan fingerprint density at radius 3 is 2.32 bits per heavy atom. The molecule has 0 atom stereocenters. The Balaban J connectivity index is 1.50. The number of aromatic nitrogens is 2. The summed E-state index contributed by atoms with van der Waals surface area (Å²) in [6.45, 7) is 0. The number of methoxy groups -OCH3 is 2. The lowest BCUT2D eigenvalue weighted by molar-refractivity contribution is -0.121. The SMILES string of the molecule is COc1cc(CC(=O)N[C@H]2CC[C@@H](Nc3nccc(N(C)C)n3)CC2)cc(OC)c1O. The van der Waals surface area contributed by atoms with Gasteiger partial charge in [0.25, 0.3) is 0 Å². The van der Waals surface area contributed by atoms with Gasteiger partial charge in [0.1, 0.15) is 5.82 Å². The van der Waals surface area contributed by atoms with Crippen molar-refractivity contribution in [3.05, 3.63) is 30.0 Å². The van der Waals surface area contributed by atoms with E-state index < -0.39 is 0 Å². The fourth-order valence-corrected chi connectivity index (χ4v) is 3.75. The first-order valence-corrected chi connectivity index (χ1v) is 10.4. The molecule has 1 aromatic heterocycles. The summed E-state index contributed by atoms with van der Waals surface area (Å²) in [6.07, 6.45) is 5.58. The van der Waals surface area contributed by atoms with E-state index in [1.165, 1.54) is 14.2 Å². The summed E-state index contributed by atoms with van der Waals surface area (Å²) in [5.41, 5.74) is 0.720. The number of phenolic OH excluding ortho intramolecular Hbond substituents is 1. The van der Waals surface area contributed by atoms with Crippen LogP contribution in [-0.2, 0) is 11.2 Å². The molecule has 1 aliphatic carbocycles. The average molecular weight is 430 g/mol. The molecule has 1 saturated carbocycles. The highest BCUT2D eigenvalue weighted by atomic mass is 16.5. The number of benzene rings is 1. The van der Waals surface area contributed by atoms with Gasteiger partial charge in [0.2, 0.25) is 17.6 Å². The van der Waals surface area contributed by atoms with E-state index >= 15 is 0 Å². The summed E-state index contributed by atoms with van der Waals surface area (Å²) in [5.74, 6) is 1.94. The van der Waals surface area contributed by atoms with Crippen molar-refractivity contribution in [2.24, 2.45) is 0 Å². The number of hydrogen-bond donors (Lipinski definition) is 3. The van der Waals surface area contributed by atoms with Crippen LogP contribution in [0.15, 0.2) is 24.4 Å². The minimum Gasteiger partial charge on any atom is -0.502 e. The summed E-state index contributed by atoms with van der Waals surface area (Å²) in [6, 6.07) is 5.61. The normalized spacial score (nSPS) is 18.2. The first kappa shape index (κ1) is 22.5. The second kappa shape index (κ2) is 10.2. The number of nitrogens with one attached hydrogen (secondary N) is 2. The highest BCUT2D eigenvalue weighted by Gasteiger charge is 2.23. The van der Waals surface area contributed by atoms with Crippen LogP contribution in [-0.4, -0.2) is 61.4 Å². The van der Waals surface area contributed by atoms with Gasteiger partial charge in [-0.05, 0) is 49.4 Å². The number of ether oxygens (including phenoxy) is 2. The predicted octanol–water partition coefficient (Wildman–Crippen LogP) is 2.35. The summed E-state index contributed by atoms with van der Waals surface area (Å²) >= 11 is 0. The smallest absolute Gasteiger partial charge is 0.224 e. The maximum absolute atomic E-state index is 12.5. The lowest BCUT2D eigenvalue weighted by Crippen LogP contribution is -2.40. The van der Waals surface area contributed by atoms with Crippen molar-refractivity contribution < 1.29 is 19.4 Å². The molecule has 0 saturated heterocycles. The van der Waals surface area contributed by atoms with Crippen LogP contribution in [0.4, 0.5) is 11.8 Å². The van der Waals surface area contributed by atoms with Gasteiger partial charge in [-0.15, -0.1) is 0 Å². The molecule has 1 heterocycles. The monoisotopic (exact) mass is 429 g/mol. The van der Waals surface area contributed by atoms with Crippen molar-refractivity contribution in [1.82, 2.24) is 15.3 Å². The van der Waals surface area contributed by atoms with Crippen LogP contribution >= 0.6 is 0 Å². The van der Waals surface area contributed by atoms with E-state index in [0.29, 0.717) is 5.95 Å². The molecule has 31 heavy (non-hydrogen) atoms. The Morgan fingerprint density at radius 2 is 1.74 bits per heavy atom. The fourth-order valence-electron chi connectivity index (χ4n) is 3.75. The Kier molecular flexibility index (Phi) is 7.38. The fraction of sp³-hybridized carbons (Fsp3) is 0.500. The first-order chi connectivity index (χ1) is 14.9. The predicted molar refractivity (Wildman–Crippen MR) is 119 cm³/mol. The number of phenols is 1. The largest absolute Gasteiger partial charge is 0.502 e. The van der Waals surface area contributed by atoms with Gasteiger partial charge in [0, 0.05) is 32.4 Å². The van der Waals surface area contributed by atoms with Gasteiger partial charge in [-0.2, -0.15) is 4.98 Å². The number of hydrogen-bond acceptors (Lipinski definition) is 8. The van der Waals surface area contributed by atoms with Crippen molar-refractivity contribution in [2.75, 3.05) is 38.5 Å². The third-order valence-corrected chi connectivity index (χ3v) is 5.43. The second-order valence-corrected chi connectivity index (χ2v) is 7.92. The highest BCUT2D eigenvalue weighted by molar-refractivity contribution is 5.79. The molecule has 0 aliphatic heterocycles. The molecule has 9 heteroatoms. The summed E-state index contributed by atoms with van der Waals surface area (Å²) in [5, 5.41) is 16.5. The minimum atomic E-state index is -0.0694. The van der Waals surface area contributed by atoms with Crippen LogP contribution in [0, 0.1) is 0 Å². The topological polar surface area (TPSA) is 109 Å². The number of aromatic hydroxyl groups is 1. The van der Waals surface area contributed by atoms with Gasteiger partial charge in [0.05, 0.1) is 20.6 Å². The number of anilines is 2. The Hall–Kier alpha value is -3.23. The maximum Gasteiger partial charge on any atom is 0.224 e. The number of carbonyl (C=O) groups is 1. The Bertz CT molecular complexity index is 872. The molecule has 3 N–H and O–H groups in total. The second-order valence-electron chi connectivity index (χ2n) is 7.92. The molecule has 1 aliphatic rings. The Morgan fingerprint density at radius 1 is 1.13 bits per heavy atom. The zero-order chi connectivity index (χ0) is 22.4. The van der Waals surface area contributed by atoms with Crippen molar-refractivity contribution in [2.45, 2.75) is 44.2 Å². The van der Waals surface area contributed by atoms with Crippen LogP contribution < -0.4 is 25.0 Å². The van der Waals surface area contributed by atoms with Crippen LogP contribution in [0.1, 0.15) is 31.2 Å². The van der Waals surface area contributed by atoms with Gasteiger partial charge in [-0.25, -0.2) is 4.98 Å². The molecule has 1 amide bonds. The highest BCUT2D eigenvalue weighted by Crippen LogP contribution is 2.37. The molecule has 2 aromatic rings. The quantitative estimate of drug-likeness (QED) is 0.587. The third kappa shape index (κ3) is 5.90. The summed E-state index contributed by atoms with van der Waals surface area (Å²) < 4.78 is 10.3. The van der Waals surface area contributed by atoms with Crippen LogP contribution in [0.3, 0.4) is 0 Å². The van der Waals surface area contributed by atoms with E-state index in [2.05, 4.69) is 20.6 Å². The molecule has 0 bridgehead atoms. The number of rotatable bonds is 8. The van der Waals surface area contributed by atoms with Crippen molar-refractivity contribution in [3.8, 4) is 17.2 Å². The molecule has 0 unspecified atom stereocenters. The van der Waals surface area contributed by atoms with E-state index in [0.717, 1.165) is 37.1 Å². The maximum atomic E-state index is 12.5. The van der Waals surface area contributed by atoms with Crippen LogP contribution in [0.2, 0.25) is 0 Å². The van der Waals surface area contributed by atoms with Crippen LogP contribution in [0.5, 0.6) is 17.2 Å².